The molecule has 3 aromatic rings. The Balaban J connectivity index is 2.23. The first-order chi connectivity index (χ1) is 9.04. The van der Waals surface area contributed by atoms with E-state index in [1.54, 1.807) is 12.1 Å². The molecule has 0 unspecified atom stereocenters. The normalized spacial score (nSPS) is 11.1. The number of aromatic amines is 1. The molecule has 3 rings (SSSR count). The molecular weight excluding hydrogens is 349 g/mol. The van der Waals surface area contributed by atoms with Crippen molar-refractivity contribution < 1.29 is 0 Å². The summed E-state index contributed by atoms with van der Waals surface area (Å²) >= 11 is 15.5. The second-order valence-corrected chi connectivity index (χ2v) is 5.86. The van der Waals surface area contributed by atoms with Crippen molar-refractivity contribution in [3.63, 3.8) is 0 Å². The number of nitrogen functional groups attached to an aromatic ring is 1. The van der Waals surface area contributed by atoms with Crippen molar-refractivity contribution in [2.75, 3.05) is 5.73 Å². The van der Waals surface area contributed by atoms with Crippen LogP contribution in [0.3, 0.4) is 0 Å². The summed E-state index contributed by atoms with van der Waals surface area (Å²) in [5, 5.41) is 1.14. The summed E-state index contributed by atoms with van der Waals surface area (Å²) in [6, 6.07) is 9.02. The second kappa shape index (κ2) is 4.71. The number of aromatic nitrogens is 2. The van der Waals surface area contributed by atoms with E-state index in [0.29, 0.717) is 21.6 Å². The number of rotatable bonds is 1. The van der Waals surface area contributed by atoms with Gasteiger partial charge in [0.25, 0.3) is 0 Å². The quantitative estimate of drug-likeness (QED) is 0.610. The lowest BCUT2D eigenvalue weighted by molar-refractivity contribution is 1.34. The van der Waals surface area contributed by atoms with Gasteiger partial charge in [-0.15, -0.1) is 0 Å². The zero-order valence-corrected chi connectivity index (χ0v) is 12.6. The minimum Gasteiger partial charge on any atom is -0.397 e. The van der Waals surface area contributed by atoms with E-state index in [9.17, 15) is 0 Å². The number of benzene rings is 2. The number of nitrogens with two attached hydrogens (primary N) is 1. The van der Waals surface area contributed by atoms with E-state index in [1.807, 2.05) is 18.2 Å². The van der Waals surface area contributed by atoms with Gasteiger partial charge in [0.1, 0.15) is 11.3 Å². The van der Waals surface area contributed by atoms with Crippen molar-refractivity contribution in [2.24, 2.45) is 0 Å². The summed E-state index contributed by atoms with van der Waals surface area (Å²) in [4.78, 5) is 7.69. The molecule has 19 heavy (non-hydrogen) atoms. The molecule has 0 aliphatic carbocycles. The topological polar surface area (TPSA) is 54.7 Å². The van der Waals surface area contributed by atoms with Crippen molar-refractivity contribution >= 4 is 55.9 Å². The van der Waals surface area contributed by atoms with Crippen LogP contribution in [0.2, 0.25) is 10.0 Å². The van der Waals surface area contributed by atoms with Gasteiger partial charge < -0.3 is 10.7 Å². The number of H-pyrrole nitrogens is 1. The monoisotopic (exact) mass is 355 g/mol. The van der Waals surface area contributed by atoms with Gasteiger partial charge in [-0.1, -0.05) is 39.1 Å². The number of hydrogen-bond donors (Lipinski definition) is 2. The molecule has 0 amide bonds. The van der Waals surface area contributed by atoms with E-state index in [4.69, 9.17) is 28.9 Å². The van der Waals surface area contributed by atoms with Crippen LogP contribution in [0.4, 0.5) is 5.69 Å². The van der Waals surface area contributed by atoms with Crippen LogP contribution in [0.15, 0.2) is 34.8 Å². The molecule has 0 saturated carbocycles. The fraction of sp³-hybridized carbons (Fsp3) is 0. The first-order valence-corrected chi connectivity index (χ1v) is 6.99. The molecule has 0 atom stereocenters. The standard InChI is InChI=1S/C13H8BrCl2N3/c14-6-3-10(17)12-11(4-6)18-13(19-12)8-2-1-7(15)5-9(8)16/h1-5H,17H2,(H,18,19). The Morgan fingerprint density at radius 2 is 1.95 bits per heavy atom. The summed E-state index contributed by atoms with van der Waals surface area (Å²) in [6.07, 6.45) is 0. The van der Waals surface area contributed by atoms with E-state index in [-0.39, 0.29) is 0 Å². The third-order valence-electron chi connectivity index (χ3n) is 2.77. The van der Waals surface area contributed by atoms with Gasteiger partial charge in [0.15, 0.2) is 0 Å². The maximum absolute atomic E-state index is 6.18. The second-order valence-electron chi connectivity index (χ2n) is 4.10. The van der Waals surface area contributed by atoms with Crippen molar-refractivity contribution in [2.45, 2.75) is 0 Å². The van der Waals surface area contributed by atoms with E-state index in [1.165, 1.54) is 0 Å². The van der Waals surface area contributed by atoms with Crippen molar-refractivity contribution in [1.29, 1.82) is 0 Å². The molecule has 6 heteroatoms. The van der Waals surface area contributed by atoms with Crippen LogP contribution in [0.25, 0.3) is 22.4 Å². The van der Waals surface area contributed by atoms with Crippen molar-refractivity contribution in [1.82, 2.24) is 9.97 Å². The lowest BCUT2D eigenvalue weighted by Crippen LogP contribution is -1.86. The third-order valence-corrected chi connectivity index (χ3v) is 3.77. The molecule has 1 heterocycles. The summed E-state index contributed by atoms with van der Waals surface area (Å²) in [7, 11) is 0. The number of anilines is 1. The Labute approximate surface area is 127 Å². The third kappa shape index (κ3) is 2.31. The number of halogens is 3. The molecular formula is C13H8BrCl2N3. The molecule has 0 aliphatic rings. The Kier molecular flexibility index (Phi) is 3.17. The fourth-order valence-electron chi connectivity index (χ4n) is 1.92. The number of imidazole rings is 1. The van der Waals surface area contributed by atoms with Crippen LogP contribution < -0.4 is 5.73 Å². The van der Waals surface area contributed by atoms with Crippen LogP contribution >= 0.6 is 39.1 Å². The van der Waals surface area contributed by atoms with E-state index >= 15 is 0 Å². The molecule has 0 spiro atoms. The van der Waals surface area contributed by atoms with E-state index in [2.05, 4.69) is 25.9 Å². The summed E-state index contributed by atoms with van der Waals surface area (Å²) in [5.74, 6) is 0.668. The van der Waals surface area contributed by atoms with Gasteiger partial charge in [-0.2, -0.15) is 0 Å². The number of hydrogen-bond acceptors (Lipinski definition) is 2. The van der Waals surface area contributed by atoms with Crippen LogP contribution in [0.5, 0.6) is 0 Å². The SMILES string of the molecule is Nc1cc(Br)cc2[nH]c(-c3ccc(Cl)cc3Cl)nc12. The Bertz CT molecular complexity index is 783. The molecule has 1 aromatic heterocycles. The Morgan fingerprint density at radius 3 is 2.68 bits per heavy atom. The van der Waals surface area contributed by atoms with Gasteiger partial charge in [0.05, 0.1) is 16.2 Å². The average molecular weight is 357 g/mol. The maximum atomic E-state index is 6.18. The average Bonchev–Trinajstić information content (AvgIpc) is 2.72. The first-order valence-electron chi connectivity index (χ1n) is 5.45. The van der Waals surface area contributed by atoms with Gasteiger partial charge in [-0.05, 0) is 30.3 Å². The van der Waals surface area contributed by atoms with Gasteiger partial charge in [0, 0.05) is 15.1 Å². The highest BCUT2D eigenvalue weighted by Crippen LogP contribution is 2.32. The summed E-state index contributed by atoms with van der Waals surface area (Å²) in [6.45, 7) is 0. The predicted molar refractivity (Wildman–Crippen MR) is 83.7 cm³/mol. The van der Waals surface area contributed by atoms with Crippen LogP contribution in [-0.2, 0) is 0 Å². The highest BCUT2D eigenvalue weighted by atomic mass is 79.9. The van der Waals surface area contributed by atoms with Crippen LogP contribution in [0.1, 0.15) is 0 Å². The fourth-order valence-corrected chi connectivity index (χ4v) is 2.89. The highest BCUT2D eigenvalue weighted by Gasteiger charge is 2.11. The maximum Gasteiger partial charge on any atom is 0.140 e. The summed E-state index contributed by atoms with van der Waals surface area (Å²) in [5.41, 5.74) is 8.92. The lowest BCUT2D eigenvalue weighted by Gasteiger charge is -2.00. The van der Waals surface area contributed by atoms with Crippen LogP contribution in [0, 0.1) is 0 Å². The molecule has 0 aliphatic heterocycles. The zero-order valence-electron chi connectivity index (χ0n) is 9.55. The van der Waals surface area contributed by atoms with E-state index in [0.717, 1.165) is 21.1 Å². The smallest absolute Gasteiger partial charge is 0.140 e. The Hall–Kier alpha value is -1.23. The minimum atomic E-state index is 0.546. The number of nitrogens with one attached hydrogen (secondary N) is 1. The largest absolute Gasteiger partial charge is 0.397 e. The van der Waals surface area contributed by atoms with Gasteiger partial charge in [0.2, 0.25) is 0 Å². The molecule has 96 valence electrons. The molecule has 0 fully saturated rings. The first kappa shape index (κ1) is 12.8. The van der Waals surface area contributed by atoms with Gasteiger partial charge in [-0.25, -0.2) is 4.98 Å². The van der Waals surface area contributed by atoms with Crippen LogP contribution in [-0.4, -0.2) is 9.97 Å². The predicted octanol–water partition coefficient (Wildman–Crippen LogP) is 4.88. The molecule has 0 radical (unpaired) electrons. The van der Waals surface area contributed by atoms with Gasteiger partial charge in [-0.3, -0.25) is 0 Å². The Morgan fingerprint density at radius 1 is 1.16 bits per heavy atom. The van der Waals surface area contributed by atoms with Gasteiger partial charge >= 0.3 is 0 Å². The van der Waals surface area contributed by atoms with E-state index < -0.39 is 0 Å². The molecule has 3 N–H and O–H groups in total. The van der Waals surface area contributed by atoms with Crippen molar-refractivity contribution in [3.05, 3.63) is 44.8 Å². The highest BCUT2D eigenvalue weighted by molar-refractivity contribution is 9.10. The number of fused-ring (bicyclic) bond motifs is 1. The molecule has 0 saturated heterocycles. The molecule has 0 bridgehead atoms. The van der Waals surface area contributed by atoms with Crippen molar-refractivity contribution in [3.8, 4) is 11.4 Å². The summed E-state index contributed by atoms with van der Waals surface area (Å²) < 4.78 is 0.898. The zero-order chi connectivity index (χ0) is 13.6. The number of nitrogens with zero attached hydrogens (tertiary/aromatic N) is 1. The lowest BCUT2D eigenvalue weighted by atomic mass is 10.2. The minimum absolute atomic E-state index is 0.546. The molecule has 2 aromatic carbocycles. The molecule has 3 nitrogen and oxygen atoms in total.